The highest BCUT2D eigenvalue weighted by atomic mass is 35.5. The van der Waals surface area contributed by atoms with E-state index in [9.17, 15) is 9.90 Å². The molecule has 1 aliphatic heterocycles. The summed E-state index contributed by atoms with van der Waals surface area (Å²) in [5.74, 6) is 0.855. The lowest BCUT2D eigenvalue weighted by Gasteiger charge is -2.22. The Morgan fingerprint density at radius 1 is 1.47 bits per heavy atom. The number of amides is 1. The molecule has 0 aliphatic carbocycles. The lowest BCUT2D eigenvalue weighted by atomic mass is 10.2. The summed E-state index contributed by atoms with van der Waals surface area (Å²) in [4.78, 5) is 14.9. The van der Waals surface area contributed by atoms with Gasteiger partial charge in [0.2, 0.25) is 5.91 Å². The Morgan fingerprint density at radius 2 is 2.26 bits per heavy atom. The highest BCUT2D eigenvalue weighted by molar-refractivity contribution is 7.99. The van der Waals surface area contributed by atoms with Crippen molar-refractivity contribution in [1.82, 2.24) is 4.90 Å². The Labute approximate surface area is 122 Å². The standard InChI is InChI=1S/C14H18ClNO2S/c15-12-5-1-2-6-13(12)19-9-7-14(18)16-8-3-4-11(16)10-17/h1-2,5-6,11,17H,3-4,7-10H2/t11-/m1/s1. The maximum atomic E-state index is 12.1. The molecule has 0 radical (unpaired) electrons. The monoisotopic (exact) mass is 299 g/mol. The first-order valence-electron chi connectivity index (χ1n) is 6.50. The molecule has 5 heteroatoms. The van der Waals surface area contributed by atoms with Crippen molar-refractivity contribution in [3.8, 4) is 0 Å². The van der Waals surface area contributed by atoms with Crippen molar-refractivity contribution in [2.45, 2.75) is 30.2 Å². The highest BCUT2D eigenvalue weighted by Gasteiger charge is 2.27. The van der Waals surface area contributed by atoms with E-state index < -0.39 is 0 Å². The maximum Gasteiger partial charge on any atom is 0.223 e. The molecule has 1 atom stereocenters. The number of likely N-dealkylation sites (tertiary alicyclic amines) is 1. The molecule has 0 unspecified atom stereocenters. The zero-order valence-electron chi connectivity index (χ0n) is 10.7. The Hall–Kier alpha value is -0.710. The zero-order chi connectivity index (χ0) is 13.7. The lowest BCUT2D eigenvalue weighted by Crippen LogP contribution is -2.37. The largest absolute Gasteiger partial charge is 0.394 e. The predicted octanol–water partition coefficient (Wildman–Crippen LogP) is 2.81. The van der Waals surface area contributed by atoms with Gasteiger partial charge in [0.25, 0.3) is 0 Å². The number of carbonyl (C=O) groups excluding carboxylic acids is 1. The molecule has 2 rings (SSSR count). The molecule has 1 aromatic rings. The first-order valence-corrected chi connectivity index (χ1v) is 7.86. The summed E-state index contributed by atoms with van der Waals surface area (Å²) in [6, 6.07) is 7.68. The minimum Gasteiger partial charge on any atom is -0.394 e. The van der Waals surface area contributed by atoms with Gasteiger partial charge in [-0.1, -0.05) is 23.7 Å². The van der Waals surface area contributed by atoms with Crippen LogP contribution in [0.2, 0.25) is 5.02 Å². The van der Waals surface area contributed by atoms with Crippen molar-refractivity contribution in [1.29, 1.82) is 0 Å². The van der Waals surface area contributed by atoms with Crippen LogP contribution in [0.3, 0.4) is 0 Å². The third kappa shape index (κ3) is 3.88. The van der Waals surface area contributed by atoms with Crippen LogP contribution < -0.4 is 0 Å². The van der Waals surface area contributed by atoms with E-state index in [2.05, 4.69) is 0 Å². The number of benzene rings is 1. The van der Waals surface area contributed by atoms with Gasteiger partial charge in [0.1, 0.15) is 0 Å². The minimum absolute atomic E-state index is 0.0258. The number of halogens is 1. The van der Waals surface area contributed by atoms with Crippen LogP contribution in [0.4, 0.5) is 0 Å². The van der Waals surface area contributed by atoms with E-state index >= 15 is 0 Å². The van der Waals surface area contributed by atoms with Crippen LogP contribution in [0.15, 0.2) is 29.2 Å². The predicted molar refractivity (Wildman–Crippen MR) is 78.6 cm³/mol. The Balaban J connectivity index is 1.80. The molecule has 0 aromatic heterocycles. The molecule has 1 fully saturated rings. The van der Waals surface area contributed by atoms with Crippen molar-refractivity contribution >= 4 is 29.3 Å². The maximum absolute atomic E-state index is 12.1. The van der Waals surface area contributed by atoms with Crippen LogP contribution in [0.1, 0.15) is 19.3 Å². The normalized spacial score (nSPS) is 18.8. The number of hydrogen-bond acceptors (Lipinski definition) is 3. The Kier molecular flexibility index (Phi) is 5.55. The van der Waals surface area contributed by atoms with Gasteiger partial charge in [-0.05, 0) is 25.0 Å². The van der Waals surface area contributed by atoms with Gasteiger partial charge in [0, 0.05) is 23.6 Å². The van der Waals surface area contributed by atoms with E-state index in [1.807, 2.05) is 29.2 Å². The molecule has 0 spiro atoms. The van der Waals surface area contributed by atoms with E-state index in [1.54, 1.807) is 11.8 Å². The van der Waals surface area contributed by atoms with Gasteiger partial charge in [0.05, 0.1) is 17.7 Å². The second kappa shape index (κ2) is 7.17. The van der Waals surface area contributed by atoms with Gasteiger partial charge in [0.15, 0.2) is 0 Å². The van der Waals surface area contributed by atoms with Gasteiger partial charge < -0.3 is 10.0 Å². The molecule has 0 bridgehead atoms. The lowest BCUT2D eigenvalue weighted by molar-refractivity contribution is -0.132. The van der Waals surface area contributed by atoms with Crippen LogP contribution >= 0.6 is 23.4 Å². The van der Waals surface area contributed by atoms with Crippen LogP contribution in [-0.2, 0) is 4.79 Å². The van der Waals surface area contributed by atoms with Crippen LogP contribution in [0.25, 0.3) is 0 Å². The Morgan fingerprint density at radius 3 is 3.00 bits per heavy atom. The van der Waals surface area contributed by atoms with Gasteiger partial charge in [-0.2, -0.15) is 0 Å². The molecule has 1 heterocycles. The SMILES string of the molecule is O=C(CCSc1ccccc1Cl)N1CCC[C@@H]1CO. The Bertz CT molecular complexity index is 441. The fourth-order valence-corrected chi connectivity index (χ4v) is 3.48. The van der Waals surface area contributed by atoms with Gasteiger partial charge in [-0.25, -0.2) is 0 Å². The molecule has 19 heavy (non-hydrogen) atoms. The molecule has 1 N–H and O–H groups in total. The smallest absolute Gasteiger partial charge is 0.223 e. The van der Waals surface area contributed by atoms with Gasteiger partial charge >= 0.3 is 0 Å². The average molecular weight is 300 g/mol. The molecular formula is C14H18ClNO2S. The number of rotatable bonds is 5. The van der Waals surface area contributed by atoms with Crippen LogP contribution in [-0.4, -0.2) is 40.9 Å². The quantitative estimate of drug-likeness (QED) is 0.850. The van der Waals surface area contributed by atoms with Gasteiger partial charge in [-0.3, -0.25) is 4.79 Å². The number of aliphatic hydroxyl groups is 1. The minimum atomic E-state index is 0.0258. The number of aliphatic hydroxyl groups excluding tert-OH is 1. The van der Waals surface area contributed by atoms with Crippen molar-refractivity contribution in [2.24, 2.45) is 0 Å². The number of hydrogen-bond donors (Lipinski definition) is 1. The fraction of sp³-hybridized carbons (Fsp3) is 0.500. The van der Waals surface area contributed by atoms with Crippen LogP contribution in [0.5, 0.6) is 0 Å². The summed E-state index contributed by atoms with van der Waals surface area (Å²) in [7, 11) is 0. The summed E-state index contributed by atoms with van der Waals surface area (Å²) in [6.07, 6.45) is 2.40. The summed E-state index contributed by atoms with van der Waals surface area (Å²) < 4.78 is 0. The van der Waals surface area contributed by atoms with E-state index in [0.717, 1.165) is 35.1 Å². The summed E-state index contributed by atoms with van der Waals surface area (Å²) in [5.41, 5.74) is 0. The summed E-state index contributed by atoms with van der Waals surface area (Å²) >= 11 is 7.66. The molecule has 1 amide bonds. The first-order chi connectivity index (χ1) is 9.22. The number of nitrogens with zero attached hydrogens (tertiary/aromatic N) is 1. The van der Waals surface area contributed by atoms with E-state index in [4.69, 9.17) is 11.6 Å². The number of thioether (sulfide) groups is 1. The number of carbonyl (C=O) groups is 1. The van der Waals surface area contributed by atoms with E-state index in [1.165, 1.54) is 0 Å². The molecule has 1 aromatic carbocycles. The molecular weight excluding hydrogens is 282 g/mol. The highest BCUT2D eigenvalue weighted by Crippen LogP contribution is 2.27. The van der Waals surface area contributed by atoms with E-state index in [-0.39, 0.29) is 18.6 Å². The van der Waals surface area contributed by atoms with Gasteiger partial charge in [-0.15, -0.1) is 11.8 Å². The molecule has 0 saturated carbocycles. The molecule has 1 aliphatic rings. The molecule has 1 saturated heterocycles. The third-order valence-electron chi connectivity index (χ3n) is 3.32. The molecule has 3 nitrogen and oxygen atoms in total. The average Bonchev–Trinajstić information content (AvgIpc) is 2.89. The summed E-state index contributed by atoms with van der Waals surface area (Å²) in [5, 5.41) is 9.94. The van der Waals surface area contributed by atoms with Crippen molar-refractivity contribution in [2.75, 3.05) is 18.9 Å². The third-order valence-corrected chi connectivity index (χ3v) is 4.84. The first kappa shape index (κ1) is 14.7. The topological polar surface area (TPSA) is 40.5 Å². The fourth-order valence-electron chi connectivity index (χ4n) is 2.31. The summed E-state index contributed by atoms with van der Waals surface area (Å²) in [6.45, 7) is 0.851. The van der Waals surface area contributed by atoms with E-state index in [0.29, 0.717) is 6.42 Å². The second-order valence-corrected chi connectivity index (χ2v) is 6.14. The van der Waals surface area contributed by atoms with Crippen molar-refractivity contribution in [3.05, 3.63) is 29.3 Å². The second-order valence-electron chi connectivity index (χ2n) is 4.59. The van der Waals surface area contributed by atoms with Crippen LogP contribution in [0, 0.1) is 0 Å². The zero-order valence-corrected chi connectivity index (χ0v) is 12.3. The molecule has 104 valence electrons. The van der Waals surface area contributed by atoms with Crippen molar-refractivity contribution < 1.29 is 9.90 Å². The van der Waals surface area contributed by atoms with Crippen molar-refractivity contribution in [3.63, 3.8) is 0 Å².